The van der Waals surface area contributed by atoms with Crippen molar-refractivity contribution in [3.63, 3.8) is 0 Å². The molecule has 0 radical (unpaired) electrons. The van der Waals surface area contributed by atoms with E-state index in [0.717, 1.165) is 5.56 Å². The maximum absolute atomic E-state index is 11.4. The zero-order chi connectivity index (χ0) is 11.1. The second-order valence-corrected chi connectivity index (χ2v) is 2.99. The molecule has 1 aromatic carbocycles. The smallest absolute Gasteiger partial charge is 0.338 e. The van der Waals surface area contributed by atoms with Crippen molar-refractivity contribution in [2.45, 2.75) is 6.42 Å². The van der Waals surface area contributed by atoms with Crippen LogP contribution in [0.5, 0.6) is 0 Å². The molecule has 0 heterocycles. The molecule has 0 fully saturated rings. The lowest BCUT2D eigenvalue weighted by molar-refractivity contribution is 0.0600. The quantitative estimate of drug-likeness (QED) is 0.765. The first-order chi connectivity index (χ1) is 7.29. The molecule has 0 aromatic heterocycles. The lowest BCUT2D eigenvalue weighted by atomic mass is 10.1. The van der Waals surface area contributed by atoms with Crippen LogP contribution in [0.2, 0.25) is 0 Å². The van der Waals surface area contributed by atoms with E-state index in [4.69, 9.17) is 5.11 Å². The van der Waals surface area contributed by atoms with Gasteiger partial charge in [0.15, 0.2) is 0 Å². The van der Waals surface area contributed by atoms with Crippen molar-refractivity contribution >= 4 is 12.0 Å². The first kappa shape index (κ1) is 11.5. The normalized spacial score (nSPS) is 10.5. The van der Waals surface area contributed by atoms with Gasteiger partial charge in [0.1, 0.15) is 0 Å². The number of methoxy groups -OCH3 is 1. The van der Waals surface area contributed by atoms with Crippen LogP contribution in [-0.2, 0) is 4.74 Å². The zero-order valence-corrected chi connectivity index (χ0v) is 8.64. The number of esters is 1. The summed E-state index contributed by atoms with van der Waals surface area (Å²) in [6.45, 7) is 0.108. The molecule has 0 saturated heterocycles. The van der Waals surface area contributed by atoms with Gasteiger partial charge in [0, 0.05) is 6.61 Å². The van der Waals surface area contributed by atoms with Crippen molar-refractivity contribution < 1.29 is 14.6 Å². The molecule has 3 heteroatoms. The number of hydrogen-bond acceptors (Lipinski definition) is 3. The molecule has 0 aliphatic carbocycles. The van der Waals surface area contributed by atoms with Gasteiger partial charge in [0.2, 0.25) is 0 Å². The molecule has 15 heavy (non-hydrogen) atoms. The summed E-state index contributed by atoms with van der Waals surface area (Å²) in [7, 11) is 1.36. The largest absolute Gasteiger partial charge is 0.465 e. The number of aliphatic hydroxyl groups excluding tert-OH is 1. The highest BCUT2D eigenvalue weighted by molar-refractivity contribution is 5.93. The van der Waals surface area contributed by atoms with Crippen molar-refractivity contribution in [3.8, 4) is 0 Å². The van der Waals surface area contributed by atoms with E-state index in [1.165, 1.54) is 7.11 Å². The molecule has 0 atom stereocenters. The Labute approximate surface area is 89.0 Å². The van der Waals surface area contributed by atoms with Crippen molar-refractivity contribution in [3.05, 3.63) is 41.5 Å². The fourth-order valence-corrected chi connectivity index (χ4v) is 1.22. The fraction of sp³-hybridized carbons (Fsp3) is 0.250. The summed E-state index contributed by atoms with van der Waals surface area (Å²) in [6, 6.07) is 7.19. The number of benzene rings is 1. The van der Waals surface area contributed by atoms with E-state index in [0.29, 0.717) is 12.0 Å². The topological polar surface area (TPSA) is 46.5 Å². The lowest BCUT2D eigenvalue weighted by Gasteiger charge is -2.02. The summed E-state index contributed by atoms with van der Waals surface area (Å²) in [5.41, 5.74) is 1.34. The van der Waals surface area contributed by atoms with Crippen molar-refractivity contribution in [1.29, 1.82) is 0 Å². The summed E-state index contributed by atoms with van der Waals surface area (Å²) in [5, 5.41) is 8.63. The zero-order valence-electron chi connectivity index (χ0n) is 8.64. The van der Waals surface area contributed by atoms with Crippen LogP contribution in [0.1, 0.15) is 22.3 Å². The highest BCUT2D eigenvalue weighted by atomic mass is 16.5. The predicted octanol–water partition coefficient (Wildman–Crippen LogP) is 1.87. The Balaban J connectivity index is 2.91. The lowest BCUT2D eigenvalue weighted by Crippen LogP contribution is -2.03. The minimum Gasteiger partial charge on any atom is -0.465 e. The number of rotatable bonds is 4. The number of aliphatic hydroxyl groups is 1. The van der Waals surface area contributed by atoms with Gasteiger partial charge < -0.3 is 9.84 Å². The van der Waals surface area contributed by atoms with Gasteiger partial charge in [-0.05, 0) is 18.1 Å². The summed E-state index contributed by atoms with van der Waals surface area (Å²) in [5.74, 6) is -0.348. The second-order valence-electron chi connectivity index (χ2n) is 2.99. The van der Waals surface area contributed by atoms with E-state index < -0.39 is 0 Å². The van der Waals surface area contributed by atoms with Crippen LogP contribution in [-0.4, -0.2) is 24.8 Å². The van der Waals surface area contributed by atoms with Crippen molar-refractivity contribution in [1.82, 2.24) is 0 Å². The third kappa shape index (κ3) is 3.22. The van der Waals surface area contributed by atoms with Crippen LogP contribution < -0.4 is 0 Å². The van der Waals surface area contributed by atoms with Crippen LogP contribution in [0.15, 0.2) is 30.3 Å². The average molecular weight is 206 g/mol. The first-order valence-corrected chi connectivity index (χ1v) is 4.74. The highest BCUT2D eigenvalue weighted by Gasteiger charge is 2.07. The minimum atomic E-state index is -0.348. The summed E-state index contributed by atoms with van der Waals surface area (Å²) in [4.78, 5) is 11.4. The molecule has 0 aliphatic heterocycles. The SMILES string of the molecule is COC(=O)c1ccccc1/C=C/CCO. The minimum absolute atomic E-state index is 0.108. The Morgan fingerprint density at radius 2 is 2.20 bits per heavy atom. The average Bonchev–Trinajstić information content (AvgIpc) is 2.29. The maximum atomic E-state index is 11.4. The third-order valence-corrected chi connectivity index (χ3v) is 1.96. The van der Waals surface area contributed by atoms with E-state index in [2.05, 4.69) is 4.74 Å². The molecule has 0 bridgehead atoms. The van der Waals surface area contributed by atoms with Crippen molar-refractivity contribution in [2.75, 3.05) is 13.7 Å². The Hall–Kier alpha value is -1.61. The molecule has 80 valence electrons. The van der Waals surface area contributed by atoms with Gasteiger partial charge in [-0.3, -0.25) is 0 Å². The number of hydrogen-bond donors (Lipinski definition) is 1. The second kappa shape index (κ2) is 5.98. The molecule has 1 N–H and O–H groups in total. The van der Waals surface area contributed by atoms with E-state index >= 15 is 0 Å². The van der Waals surface area contributed by atoms with Crippen LogP contribution in [0.4, 0.5) is 0 Å². The summed E-state index contributed by atoms with van der Waals surface area (Å²) in [6.07, 6.45) is 4.21. The third-order valence-electron chi connectivity index (χ3n) is 1.96. The monoisotopic (exact) mass is 206 g/mol. The molecule has 1 rings (SSSR count). The Bertz CT molecular complexity index is 356. The molecule has 0 spiro atoms. The molecule has 0 aliphatic rings. The molecule has 0 amide bonds. The van der Waals surface area contributed by atoms with Gasteiger partial charge in [-0.2, -0.15) is 0 Å². The Kier molecular flexibility index (Phi) is 4.57. The number of carbonyl (C=O) groups excluding carboxylic acids is 1. The number of carbonyl (C=O) groups is 1. The Morgan fingerprint density at radius 3 is 2.87 bits per heavy atom. The fourth-order valence-electron chi connectivity index (χ4n) is 1.22. The molecular weight excluding hydrogens is 192 g/mol. The standard InChI is InChI=1S/C12H14O3/c1-15-12(14)11-8-3-2-6-10(11)7-4-5-9-13/h2-4,6-8,13H,5,9H2,1H3/b7-4+. The molecule has 1 aromatic rings. The summed E-state index contributed by atoms with van der Waals surface area (Å²) < 4.78 is 4.66. The van der Waals surface area contributed by atoms with Gasteiger partial charge in [-0.1, -0.05) is 30.4 Å². The number of ether oxygens (including phenoxy) is 1. The van der Waals surface area contributed by atoms with Crippen LogP contribution in [0.25, 0.3) is 6.08 Å². The molecule has 0 saturated carbocycles. The van der Waals surface area contributed by atoms with Gasteiger partial charge >= 0.3 is 5.97 Å². The van der Waals surface area contributed by atoms with E-state index in [1.54, 1.807) is 12.1 Å². The van der Waals surface area contributed by atoms with Gasteiger partial charge in [-0.15, -0.1) is 0 Å². The van der Waals surface area contributed by atoms with Crippen LogP contribution in [0.3, 0.4) is 0 Å². The molecular formula is C12H14O3. The highest BCUT2D eigenvalue weighted by Crippen LogP contribution is 2.12. The van der Waals surface area contributed by atoms with E-state index in [-0.39, 0.29) is 12.6 Å². The molecule has 0 unspecified atom stereocenters. The van der Waals surface area contributed by atoms with Gasteiger partial charge in [0.25, 0.3) is 0 Å². The van der Waals surface area contributed by atoms with E-state index in [9.17, 15) is 4.79 Å². The van der Waals surface area contributed by atoms with Crippen LogP contribution >= 0.6 is 0 Å². The maximum Gasteiger partial charge on any atom is 0.338 e. The van der Waals surface area contributed by atoms with Gasteiger partial charge in [0.05, 0.1) is 12.7 Å². The first-order valence-electron chi connectivity index (χ1n) is 4.74. The predicted molar refractivity (Wildman–Crippen MR) is 58.5 cm³/mol. The van der Waals surface area contributed by atoms with Crippen LogP contribution in [0, 0.1) is 0 Å². The van der Waals surface area contributed by atoms with Crippen molar-refractivity contribution in [2.24, 2.45) is 0 Å². The Morgan fingerprint density at radius 1 is 1.47 bits per heavy atom. The molecule has 3 nitrogen and oxygen atoms in total. The van der Waals surface area contributed by atoms with Gasteiger partial charge in [-0.25, -0.2) is 4.79 Å². The van der Waals surface area contributed by atoms with E-state index in [1.807, 2.05) is 24.3 Å². The summed E-state index contributed by atoms with van der Waals surface area (Å²) >= 11 is 0.